The number of amides is 2. The topological polar surface area (TPSA) is 61.4 Å². The second-order valence-electron chi connectivity index (χ2n) is 7.30. The van der Waals surface area contributed by atoms with E-state index in [1.165, 1.54) is 0 Å². The highest BCUT2D eigenvalue weighted by atomic mass is 35.5. The van der Waals surface area contributed by atoms with Crippen LogP contribution in [0.4, 0.5) is 5.69 Å². The van der Waals surface area contributed by atoms with Crippen LogP contribution in [0.5, 0.6) is 0 Å². The normalized spacial score (nSPS) is 14.7. The zero-order valence-electron chi connectivity index (χ0n) is 16.1. The monoisotopic (exact) mass is 399 g/mol. The van der Waals surface area contributed by atoms with Gasteiger partial charge in [-0.3, -0.25) is 9.59 Å². The summed E-state index contributed by atoms with van der Waals surface area (Å²) in [5, 5.41) is 6.60. The van der Waals surface area contributed by atoms with E-state index in [1.807, 2.05) is 29.2 Å². The van der Waals surface area contributed by atoms with Gasteiger partial charge in [-0.2, -0.15) is 0 Å². The van der Waals surface area contributed by atoms with E-state index in [2.05, 4.69) is 17.6 Å². The summed E-state index contributed by atoms with van der Waals surface area (Å²) in [6.07, 6.45) is 2.08. The van der Waals surface area contributed by atoms with Crippen LogP contribution >= 0.6 is 11.6 Å². The fourth-order valence-electron chi connectivity index (χ4n) is 3.28. The van der Waals surface area contributed by atoms with E-state index in [0.29, 0.717) is 28.7 Å². The van der Waals surface area contributed by atoms with Gasteiger partial charge in [-0.1, -0.05) is 42.8 Å². The molecule has 2 aromatic carbocycles. The van der Waals surface area contributed by atoms with E-state index >= 15 is 0 Å². The minimum atomic E-state index is -0.163. The molecule has 0 radical (unpaired) electrons. The number of hydrogen-bond acceptors (Lipinski definition) is 3. The number of likely N-dealkylation sites (tertiary alicyclic amines) is 1. The quantitative estimate of drug-likeness (QED) is 0.773. The molecule has 2 N–H and O–H groups in total. The third kappa shape index (κ3) is 5.57. The van der Waals surface area contributed by atoms with Crippen LogP contribution in [0.15, 0.2) is 48.5 Å². The molecule has 2 aromatic rings. The lowest BCUT2D eigenvalue weighted by Crippen LogP contribution is -2.37. The largest absolute Gasteiger partial charge is 0.339 e. The van der Waals surface area contributed by atoms with Crippen molar-refractivity contribution >= 4 is 29.1 Å². The van der Waals surface area contributed by atoms with Gasteiger partial charge < -0.3 is 15.5 Å². The molecule has 0 spiro atoms. The summed E-state index contributed by atoms with van der Waals surface area (Å²) in [6.45, 7) is 4.48. The van der Waals surface area contributed by atoms with Crippen LogP contribution in [0.2, 0.25) is 5.02 Å². The Balaban J connectivity index is 1.51. The molecule has 1 saturated heterocycles. The zero-order chi connectivity index (χ0) is 19.9. The maximum atomic E-state index is 12.7. The highest BCUT2D eigenvalue weighted by Crippen LogP contribution is 2.19. The highest BCUT2D eigenvalue weighted by Gasteiger charge is 2.21. The number of rotatable bonds is 6. The third-order valence-corrected chi connectivity index (χ3v) is 5.39. The second kappa shape index (κ2) is 9.71. The Bertz CT molecular complexity index is 832. The zero-order valence-corrected chi connectivity index (χ0v) is 16.8. The summed E-state index contributed by atoms with van der Waals surface area (Å²) < 4.78 is 0. The van der Waals surface area contributed by atoms with Gasteiger partial charge in [0, 0.05) is 35.9 Å². The minimum absolute atomic E-state index is 0.0276. The summed E-state index contributed by atoms with van der Waals surface area (Å²) in [7, 11) is 0. The van der Waals surface area contributed by atoms with Crippen molar-refractivity contribution in [3.05, 3.63) is 64.7 Å². The number of carbonyl (C=O) groups is 2. The standard InChI is InChI=1S/C22H26ClN3O2/c1-16-9-11-26(12-10-16)22(28)17-6-4-7-19(13-17)25-21(27)15-24-14-18-5-2-3-8-20(18)23/h2-8,13,16,24H,9-12,14-15H2,1H3,(H,25,27). The fraction of sp³-hybridized carbons (Fsp3) is 0.364. The Hall–Kier alpha value is -2.37. The van der Waals surface area contributed by atoms with Gasteiger partial charge in [0.15, 0.2) is 0 Å². The van der Waals surface area contributed by atoms with Gasteiger partial charge in [-0.25, -0.2) is 0 Å². The van der Waals surface area contributed by atoms with Gasteiger partial charge in [0.05, 0.1) is 6.54 Å². The van der Waals surface area contributed by atoms with Crippen molar-refractivity contribution in [2.24, 2.45) is 5.92 Å². The van der Waals surface area contributed by atoms with Crippen LogP contribution in [0.1, 0.15) is 35.7 Å². The maximum Gasteiger partial charge on any atom is 0.253 e. The number of benzene rings is 2. The molecule has 1 aliphatic heterocycles. The molecule has 5 nitrogen and oxygen atoms in total. The van der Waals surface area contributed by atoms with Gasteiger partial charge in [0.1, 0.15) is 0 Å². The molecule has 0 saturated carbocycles. The van der Waals surface area contributed by atoms with Crippen LogP contribution in [-0.2, 0) is 11.3 Å². The number of nitrogens with zero attached hydrogens (tertiary/aromatic N) is 1. The van der Waals surface area contributed by atoms with E-state index in [4.69, 9.17) is 11.6 Å². The van der Waals surface area contributed by atoms with Gasteiger partial charge >= 0.3 is 0 Å². The number of nitrogens with one attached hydrogen (secondary N) is 2. The maximum absolute atomic E-state index is 12.7. The highest BCUT2D eigenvalue weighted by molar-refractivity contribution is 6.31. The average Bonchev–Trinajstić information content (AvgIpc) is 2.70. The first-order chi connectivity index (χ1) is 13.5. The van der Waals surface area contributed by atoms with Crippen molar-refractivity contribution in [3.63, 3.8) is 0 Å². The molecule has 0 aliphatic carbocycles. The first kappa shape index (κ1) is 20.4. The van der Waals surface area contributed by atoms with Crippen molar-refractivity contribution < 1.29 is 9.59 Å². The lowest BCUT2D eigenvalue weighted by molar-refractivity contribution is -0.115. The minimum Gasteiger partial charge on any atom is -0.339 e. The van der Waals surface area contributed by atoms with E-state index in [-0.39, 0.29) is 18.4 Å². The van der Waals surface area contributed by atoms with Crippen LogP contribution in [0.3, 0.4) is 0 Å². The smallest absolute Gasteiger partial charge is 0.253 e. The Morgan fingerprint density at radius 3 is 2.61 bits per heavy atom. The summed E-state index contributed by atoms with van der Waals surface area (Å²) in [4.78, 5) is 26.8. The molecule has 1 heterocycles. The van der Waals surface area contributed by atoms with Crippen LogP contribution in [0.25, 0.3) is 0 Å². The SMILES string of the molecule is CC1CCN(C(=O)c2cccc(NC(=O)CNCc3ccccc3Cl)c2)CC1. The fourth-order valence-corrected chi connectivity index (χ4v) is 3.48. The van der Waals surface area contributed by atoms with E-state index in [0.717, 1.165) is 31.5 Å². The molecule has 0 aromatic heterocycles. The molecular formula is C22H26ClN3O2. The van der Waals surface area contributed by atoms with Gasteiger partial charge in [-0.15, -0.1) is 0 Å². The van der Waals surface area contributed by atoms with Crippen LogP contribution in [-0.4, -0.2) is 36.3 Å². The molecule has 0 atom stereocenters. The molecule has 28 heavy (non-hydrogen) atoms. The predicted molar refractivity (Wildman–Crippen MR) is 113 cm³/mol. The van der Waals surface area contributed by atoms with Crippen molar-refractivity contribution in [2.75, 3.05) is 25.0 Å². The van der Waals surface area contributed by atoms with Crippen molar-refractivity contribution in [1.82, 2.24) is 10.2 Å². The molecule has 2 amide bonds. The van der Waals surface area contributed by atoms with Gasteiger partial charge in [-0.05, 0) is 48.6 Å². The number of carbonyl (C=O) groups excluding carboxylic acids is 2. The number of piperidine rings is 1. The number of halogens is 1. The summed E-state index contributed by atoms with van der Waals surface area (Å²) in [5.74, 6) is 0.538. The number of hydrogen-bond donors (Lipinski definition) is 2. The Morgan fingerprint density at radius 2 is 1.86 bits per heavy atom. The van der Waals surface area contributed by atoms with Crippen LogP contribution < -0.4 is 10.6 Å². The summed E-state index contributed by atoms with van der Waals surface area (Å²) >= 11 is 6.11. The first-order valence-electron chi connectivity index (χ1n) is 9.66. The summed E-state index contributed by atoms with van der Waals surface area (Å²) in [5.41, 5.74) is 2.18. The van der Waals surface area contributed by atoms with E-state index in [9.17, 15) is 9.59 Å². The number of anilines is 1. The Kier molecular flexibility index (Phi) is 7.06. The van der Waals surface area contributed by atoms with Gasteiger partial charge in [0.2, 0.25) is 5.91 Å². The average molecular weight is 400 g/mol. The van der Waals surface area contributed by atoms with Crippen molar-refractivity contribution in [3.8, 4) is 0 Å². The Labute approximate surface area is 171 Å². The predicted octanol–water partition coefficient (Wildman–Crippen LogP) is 3.94. The lowest BCUT2D eigenvalue weighted by atomic mass is 9.98. The van der Waals surface area contributed by atoms with Crippen molar-refractivity contribution in [2.45, 2.75) is 26.3 Å². The summed E-state index contributed by atoms with van der Waals surface area (Å²) in [6, 6.07) is 14.7. The van der Waals surface area contributed by atoms with Crippen LogP contribution in [0, 0.1) is 5.92 Å². The first-order valence-corrected chi connectivity index (χ1v) is 10.0. The molecule has 3 rings (SSSR count). The van der Waals surface area contributed by atoms with Gasteiger partial charge in [0.25, 0.3) is 5.91 Å². The molecular weight excluding hydrogens is 374 g/mol. The molecule has 6 heteroatoms. The molecule has 1 fully saturated rings. The lowest BCUT2D eigenvalue weighted by Gasteiger charge is -2.30. The van der Waals surface area contributed by atoms with E-state index < -0.39 is 0 Å². The third-order valence-electron chi connectivity index (χ3n) is 5.02. The molecule has 148 valence electrons. The molecule has 1 aliphatic rings. The van der Waals surface area contributed by atoms with E-state index in [1.54, 1.807) is 24.3 Å². The molecule has 0 bridgehead atoms. The molecule has 0 unspecified atom stereocenters. The van der Waals surface area contributed by atoms with Crippen molar-refractivity contribution in [1.29, 1.82) is 0 Å². The Morgan fingerprint density at radius 1 is 1.11 bits per heavy atom. The second-order valence-corrected chi connectivity index (χ2v) is 7.71.